The van der Waals surface area contributed by atoms with Crippen molar-refractivity contribution in [3.63, 3.8) is 0 Å². The van der Waals surface area contributed by atoms with Gasteiger partial charge in [0.2, 0.25) is 0 Å². The lowest BCUT2D eigenvalue weighted by Crippen LogP contribution is -2.69. The fraction of sp³-hybridized carbons (Fsp3) is 0.933. The number of fused-ring (bicyclic) bond motifs is 7. The Hall–Kier alpha value is -0.340. The van der Waals surface area contributed by atoms with Crippen LogP contribution in [0.1, 0.15) is 106 Å². The minimum absolute atomic E-state index is 0.00172. The first-order valence-electron chi connectivity index (χ1n) is 13.8. The maximum atomic E-state index is 12.1. The van der Waals surface area contributed by atoms with E-state index in [1.54, 1.807) is 0 Å². The van der Waals surface area contributed by atoms with Crippen molar-refractivity contribution >= 4 is 0 Å². The highest BCUT2D eigenvalue weighted by molar-refractivity contribution is 5.23. The van der Waals surface area contributed by atoms with Crippen LogP contribution in [0.25, 0.3) is 0 Å². The van der Waals surface area contributed by atoms with Gasteiger partial charge >= 0.3 is 0 Å². The Kier molecular flexibility index (Phi) is 5.02. The van der Waals surface area contributed by atoms with Crippen LogP contribution < -0.4 is 0 Å². The molecule has 0 spiro atoms. The number of aliphatic hydroxyl groups excluding tert-OH is 2. The van der Waals surface area contributed by atoms with Crippen molar-refractivity contribution in [3.8, 4) is 0 Å². The lowest BCUT2D eigenvalue weighted by Gasteiger charge is -2.72. The van der Waals surface area contributed by atoms with Crippen LogP contribution >= 0.6 is 0 Å². The molecule has 5 aliphatic carbocycles. The maximum absolute atomic E-state index is 12.1. The molecule has 5 fully saturated rings. The molecule has 182 valence electrons. The van der Waals surface area contributed by atoms with Gasteiger partial charge < -0.3 is 10.2 Å². The van der Waals surface area contributed by atoms with Gasteiger partial charge in [-0.2, -0.15) is 0 Å². The Labute approximate surface area is 197 Å². The van der Waals surface area contributed by atoms with Crippen LogP contribution in [0, 0.1) is 56.7 Å². The standard InChI is InChI=1S/C30H50O2/c1-18(2)19-9-12-23-28(19,6)15-16-29(7)20-10-11-22-26(3,4)24(31)13-14-27(22,5)21(20)17-25(32)30(23,29)8/h19-25,31-32H,1,9-17H2,2-8H3/t19-,20+,21+,22+,23-,24+,25-,27-,28-,29-,30-/m1/s1. The van der Waals surface area contributed by atoms with Crippen molar-refractivity contribution in [1.82, 2.24) is 0 Å². The molecular weight excluding hydrogens is 392 g/mol. The predicted molar refractivity (Wildman–Crippen MR) is 132 cm³/mol. The van der Waals surface area contributed by atoms with Gasteiger partial charge in [-0.3, -0.25) is 0 Å². The van der Waals surface area contributed by atoms with Gasteiger partial charge in [-0.05, 0) is 116 Å². The van der Waals surface area contributed by atoms with Crippen LogP contribution in [-0.4, -0.2) is 22.4 Å². The van der Waals surface area contributed by atoms with E-state index in [0.29, 0.717) is 35.0 Å². The summed E-state index contributed by atoms with van der Waals surface area (Å²) >= 11 is 0. The monoisotopic (exact) mass is 442 g/mol. The fourth-order valence-corrected chi connectivity index (χ4v) is 11.7. The fourth-order valence-electron chi connectivity index (χ4n) is 11.7. The highest BCUT2D eigenvalue weighted by atomic mass is 16.3. The third kappa shape index (κ3) is 2.55. The Morgan fingerprint density at radius 1 is 0.719 bits per heavy atom. The third-order valence-electron chi connectivity index (χ3n) is 13.7. The van der Waals surface area contributed by atoms with Crippen LogP contribution in [-0.2, 0) is 0 Å². The van der Waals surface area contributed by atoms with Crippen LogP contribution in [0.2, 0.25) is 0 Å². The molecule has 0 aromatic carbocycles. The van der Waals surface area contributed by atoms with Crippen molar-refractivity contribution in [1.29, 1.82) is 0 Å². The first-order valence-corrected chi connectivity index (χ1v) is 13.8. The van der Waals surface area contributed by atoms with E-state index in [0.717, 1.165) is 19.3 Å². The molecule has 0 heterocycles. The zero-order chi connectivity index (χ0) is 23.5. The lowest BCUT2D eigenvalue weighted by molar-refractivity contribution is -0.270. The number of allylic oxidation sites excluding steroid dienone is 1. The van der Waals surface area contributed by atoms with Crippen molar-refractivity contribution in [2.75, 3.05) is 0 Å². The minimum atomic E-state index is -0.215. The van der Waals surface area contributed by atoms with Crippen LogP contribution in [0.5, 0.6) is 0 Å². The molecular formula is C30H50O2. The summed E-state index contributed by atoms with van der Waals surface area (Å²) in [5.41, 5.74) is 2.09. The van der Waals surface area contributed by atoms with Gasteiger partial charge in [-0.15, -0.1) is 0 Å². The molecule has 5 aliphatic rings. The molecule has 0 saturated heterocycles. The van der Waals surface area contributed by atoms with Gasteiger partial charge in [0, 0.05) is 5.41 Å². The van der Waals surface area contributed by atoms with Crippen molar-refractivity contribution in [2.24, 2.45) is 56.7 Å². The van der Waals surface area contributed by atoms with Gasteiger partial charge in [-0.1, -0.05) is 53.7 Å². The Bertz CT molecular complexity index is 801. The van der Waals surface area contributed by atoms with Gasteiger partial charge in [0.25, 0.3) is 0 Å². The number of rotatable bonds is 1. The number of hydrogen-bond acceptors (Lipinski definition) is 2. The normalized spacial score (nSPS) is 58.8. The topological polar surface area (TPSA) is 40.5 Å². The van der Waals surface area contributed by atoms with E-state index in [1.165, 1.54) is 44.1 Å². The van der Waals surface area contributed by atoms with E-state index in [4.69, 9.17) is 0 Å². The molecule has 0 aromatic heterocycles. The average Bonchev–Trinajstić information content (AvgIpc) is 3.07. The van der Waals surface area contributed by atoms with E-state index < -0.39 is 0 Å². The number of aliphatic hydroxyl groups is 2. The summed E-state index contributed by atoms with van der Waals surface area (Å²) < 4.78 is 0. The summed E-state index contributed by atoms with van der Waals surface area (Å²) in [4.78, 5) is 0. The average molecular weight is 443 g/mol. The first kappa shape index (κ1) is 23.4. The summed E-state index contributed by atoms with van der Waals surface area (Å²) in [6.07, 6.45) is 10.2. The second kappa shape index (κ2) is 6.87. The molecule has 0 radical (unpaired) electrons. The maximum Gasteiger partial charge on any atom is 0.0604 e. The molecule has 0 bridgehead atoms. The van der Waals surface area contributed by atoms with E-state index in [1.807, 2.05) is 0 Å². The van der Waals surface area contributed by atoms with E-state index in [-0.39, 0.29) is 33.9 Å². The van der Waals surface area contributed by atoms with Crippen LogP contribution in [0.3, 0.4) is 0 Å². The quantitative estimate of drug-likeness (QED) is 0.429. The van der Waals surface area contributed by atoms with Gasteiger partial charge in [-0.25, -0.2) is 0 Å². The lowest BCUT2D eigenvalue weighted by atomic mass is 9.32. The zero-order valence-corrected chi connectivity index (χ0v) is 22.0. The van der Waals surface area contributed by atoms with Crippen LogP contribution in [0.4, 0.5) is 0 Å². The summed E-state index contributed by atoms with van der Waals surface area (Å²) in [5.74, 6) is 3.07. The zero-order valence-electron chi connectivity index (χ0n) is 22.0. The number of hydrogen-bond donors (Lipinski definition) is 2. The minimum Gasteiger partial charge on any atom is -0.393 e. The van der Waals surface area contributed by atoms with Gasteiger partial charge in [0.1, 0.15) is 0 Å². The molecule has 0 aromatic rings. The molecule has 0 unspecified atom stereocenters. The second-order valence-corrected chi connectivity index (χ2v) is 14.7. The molecule has 5 rings (SSSR count). The largest absolute Gasteiger partial charge is 0.393 e. The molecule has 2 N–H and O–H groups in total. The Morgan fingerprint density at radius 2 is 1.38 bits per heavy atom. The summed E-state index contributed by atoms with van der Waals surface area (Å²) in [6.45, 7) is 21.4. The summed E-state index contributed by atoms with van der Waals surface area (Å²) in [7, 11) is 0. The molecule has 0 aliphatic heterocycles. The predicted octanol–water partition coefficient (Wildman–Crippen LogP) is 7.00. The SMILES string of the molecule is C=C(C)[C@H]1CC[C@@H]2[C@]1(C)CC[C@]1(C)[C@H]3CC[C@H]4C(C)(C)[C@@H](O)CC[C@]4(C)[C@H]3C[C@@H](O)[C@@]21C. The first-order chi connectivity index (χ1) is 14.7. The van der Waals surface area contributed by atoms with E-state index in [2.05, 4.69) is 55.0 Å². The summed E-state index contributed by atoms with van der Waals surface area (Å²) in [5, 5.41) is 22.9. The van der Waals surface area contributed by atoms with E-state index >= 15 is 0 Å². The highest BCUT2D eigenvalue weighted by Crippen LogP contribution is 2.77. The molecule has 2 nitrogen and oxygen atoms in total. The molecule has 32 heavy (non-hydrogen) atoms. The summed E-state index contributed by atoms with van der Waals surface area (Å²) in [6, 6.07) is 0. The molecule has 0 amide bonds. The Morgan fingerprint density at radius 3 is 2.03 bits per heavy atom. The van der Waals surface area contributed by atoms with E-state index in [9.17, 15) is 10.2 Å². The third-order valence-corrected chi connectivity index (χ3v) is 13.7. The van der Waals surface area contributed by atoms with Gasteiger partial charge in [0.05, 0.1) is 12.2 Å². The Balaban J connectivity index is 1.55. The highest BCUT2D eigenvalue weighted by Gasteiger charge is 2.72. The molecule has 11 atom stereocenters. The smallest absolute Gasteiger partial charge is 0.0604 e. The van der Waals surface area contributed by atoms with Crippen molar-refractivity contribution in [2.45, 2.75) is 118 Å². The van der Waals surface area contributed by atoms with Crippen molar-refractivity contribution < 1.29 is 10.2 Å². The van der Waals surface area contributed by atoms with Gasteiger partial charge in [0.15, 0.2) is 0 Å². The second-order valence-electron chi connectivity index (χ2n) is 14.7. The molecule has 5 saturated carbocycles. The molecule has 2 heteroatoms. The van der Waals surface area contributed by atoms with Crippen LogP contribution in [0.15, 0.2) is 12.2 Å². The van der Waals surface area contributed by atoms with Crippen molar-refractivity contribution in [3.05, 3.63) is 12.2 Å².